The molecule has 1 unspecified atom stereocenters. The summed E-state index contributed by atoms with van der Waals surface area (Å²) in [5.74, 6) is 0.477. The molecule has 0 spiro atoms. The number of amides is 1. The SMILES string of the molecule is CN(c1ncccn1)S(=O)(=O)c1ccc(OCC2CN(C(=O)c3ccccc3)C=N2)cc1. The molecule has 1 aromatic heterocycles. The van der Waals surface area contributed by atoms with Gasteiger partial charge >= 0.3 is 0 Å². The molecule has 0 saturated heterocycles. The molecule has 0 aliphatic carbocycles. The van der Waals surface area contributed by atoms with Gasteiger partial charge in [-0.25, -0.2) is 22.7 Å². The van der Waals surface area contributed by atoms with Crippen molar-refractivity contribution in [3.8, 4) is 5.75 Å². The molecular formula is C22H21N5O4S. The minimum absolute atomic E-state index is 0.0847. The largest absolute Gasteiger partial charge is 0.491 e. The Morgan fingerprint density at radius 3 is 2.44 bits per heavy atom. The maximum atomic E-state index is 12.8. The van der Waals surface area contributed by atoms with Gasteiger partial charge in [-0.05, 0) is 42.5 Å². The van der Waals surface area contributed by atoms with E-state index in [1.165, 1.54) is 37.9 Å². The van der Waals surface area contributed by atoms with Gasteiger partial charge in [0, 0.05) is 25.0 Å². The molecule has 4 rings (SSSR count). The third-order valence-corrected chi connectivity index (χ3v) is 6.62. The molecule has 0 fully saturated rings. The lowest BCUT2D eigenvalue weighted by molar-refractivity contribution is 0.0853. The summed E-state index contributed by atoms with van der Waals surface area (Å²) in [6, 6.07) is 16.5. The predicted molar refractivity (Wildman–Crippen MR) is 119 cm³/mol. The third-order valence-electron chi connectivity index (χ3n) is 4.86. The molecule has 0 radical (unpaired) electrons. The minimum Gasteiger partial charge on any atom is -0.491 e. The van der Waals surface area contributed by atoms with E-state index in [2.05, 4.69) is 15.0 Å². The molecule has 10 heteroatoms. The number of ether oxygens (including phenoxy) is 1. The number of anilines is 1. The minimum atomic E-state index is -3.80. The molecule has 2 aromatic carbocycles. The molecule has 1 aliphatic heterocycles. The first-order valence-electron chi connectivity index (χ1n) is 9.83. The molecular weight excluding hydrogens is 430 g/mol. The van der Waals surface area contributed by atoms with Crippen LogP contribution in [0.15, 0.2) is 82.9 Å². The summed E-state index contributed by atoms with van der Waals surface area (Å²) in [5.41, 5.74) is 0.600. The zero-order chi connectivity index (χ0) is 22.6. The van der Waals surface area contributed by atoms with Crippen LogP contribution < -0.4 is 9.04 Å². The maximum absolute atomic E-state index is 12.8. The van der Waals surface area contributed by atoms with Crippen molar-refractivity contribution < 1.29 is 17.9 Å². The van der Waals surface area contributed by atoms with E-state index in [1.807, 2.05) is 18.2 Å². The van der Waals surface area contributed by atoms with Gasteiger partial charge in [-0.3, -0.25) is 14.7 Å². The van der Waals surface area contributed by atoms with Gasteiger partial charge in [0.25, 0.3) is 15.9 Å². The fourth-order valence-corrected chi connectivity index (χ4v) is 4.20. The first kappa shape index (κ1) is 21.4. The highest BCUT2D eigenvalue weighted by Crippen LogP contribution is 2.21. The summed E-state index contributed by atoms with van der Waals surface area (Å²) in [4.78, 5) is 26.4. The number of aliphatic imine (C=N–C) groups is 1. The zero-order valence-electron chi connectivity index (χ0n) is 17.3. The van der Waals surface area contributed by atoms with E-state index in [0.717, 1.165) is 4.31 Å². The van der Waals surface area contributed by atoms with Crippen molar-refractivity contribution >= 4 is 28.2 Å². The molecule has 164 valence electrons. The van der Waals surface area contributed by atoms with E-state index in [9.17, 15) is 13.2 Å². The molecule has 0 N–H and O–H groups in total. The number of carbonyl (C=O) groups excluding carboxylic acids is 1. The molecule has 9 nitrogen and oxygen atoms in total. The van der Waals surface area contributed by atoms with Crippen molar-refractivity contribution in [2.75, 3.05) is 24.5 Å². The van der Waals surface area contributed by atoms with Gasteiger partial charge in [0.2, 0.25) is 5.95 Å². The Balaban J connectivity index is 1.34. The van der Waals surface area contributed by atoms with Gasteiger partial charge in [0.15, 0.2) is 0 Å². The fourth-order valence-electron chi connectivity index (χ4n) is 3.09. The van der Waals surface area contributed by atoms with Gasteiger partial charge in [-0.1, -0.05) is 18.2 Å². The number of nitrogens with zero attached hydrogens (tertiary/aromatic N) is 5. The van der Waals surface area contributed by atoms with Crippen LogP contribution in [-0.4, -0.2) is 61.8 Å². The van der Waals surface area contributed by atoms with Gasteiger partial charge < -0.3 is 4.74 Å². The number of rotatable bonds is 7. The average Bonchev–Trinajstić information content (AvgIpc) is 3.32. The van der Waals surface area contributed by atoms with Crippen molar-refractivity contribution in [3.05, 3.63) is 78.6 Å². The molecule has 1 aliphatic rings. The van der Waals surface area contributed by atoms with E-state index in [4.69, 9.17) is 4.74 Å². The average molecular weight is 452 g/mol. The molecule has 0 bridgehead atoms. The van der Waals surface area contributed by atoms with Gasteiger partial charge in [0.1, 0.15) is 18.4 Å². The first-order chi connectivity index (χ1) is 15.4. The van der Waals surface area contributed by atoms with Crippen molar-refractivity contribution in [2.45, 2.75) is 10.9 Å². The lowest BCUT2D eigenvalue weighted by Gasteiger charge is -2.17. The first-order valence-corrected chi connectivity index (χ1v) is 11.3. The highest BCUT2D eigenvalue weighted by atomic mass is 32.2. The second-order valence-corrected chi connectivity index (χ2v) is 9.01. The normalized spacial score (nSPS) is 15.5. The van der Waals surface area contributed by atoms with Crippen molar-refractivity contribution in [1.82, 2.24) is 14.9 Å². The second-order valence-electron chi connectivity index (χ2n) is 7.05. The quantitative estimate of drug-likeness (QED) is 0.546. The van der Waals surface area contributed by atoms with E-state index >= 15 is 0 Å². The Morgan fingerprint density at radius 2 is 1.75 bits per heavy atom. The number of hydrogen-bond acceptors (Lipinski definition) is 7. The van der Waals surface area contributed by atoms with Crippen LogP contribution >= 0.6 is 0 Å². The molecule has 1 atom stereocenters. The summed E-state index contributed by atoms with van der Waals surface area (Å²) < 4.78 is 32.3. The van der Waals surface area contributed by atoms with Crippen LogP contribution in [0.25, 0.3) is 0 Å². The monoisotopic (exact) mass is 451 g/mol. The molecule has 32 heavy (non-hydrogen) atoms. The predicted octanol–water partition coefficient (Wildman–Crippen LogP) is 2.23. The third kappa shape index (κ3) is 4.59. The van der Waals surface area contributed by atoms with Crippen LogP contribution in [0.3, 0.4) is 0 Å². The lowest BCUT2D eigenvalue weighted by Crippen LogP contribution is -2.32. The van der Waals surface area contributed by atoms with E-state index < -0.39 is 10.0 Å². The summed E-state index contributed by atoms with van der Waals surface area (Å²) in [6.45, 7) is 0.682. The number of hydrogen-bond donors (Lipinski definition) is 0. The van der Waals surface area contributed by atoms with Gasteiger partial charge in [-0.15, -0.1) is 0 Å². The maximum Gasteiger partial charge on any atom is 0.266 e. The van der Waals surface area contributed by atoms with Crippen LogP contribution in [-0.2, 0) is 10.0 Å². The summed E-state index contributed by atoms with van der Waals surface area (Å²) in [7, 11) is -2.40. The topological polar surface area (TPSA) is 105 Å². The summed E-state index contributed by atoms with van der Waals surface area (Å²) >= 11 is 0. The Kier molecular flexibility index (Phi) is 6.13. The van der Waals surface area contributed by atoms with E-state index in [0.29, 0.717) is 17.9 Å². The van der Waals surface area contributed by atoms with Crippen molar-refractivity contribution in [3.63, 3.8) is 0 Å². The lowest BCUT2D eigenvalue weighted by atomic mass is 10.2. The zero-order valence-corrected chi connectivity index (χ0v) is 18.1. The van der Waals surface area contributed by atoms with Gasteiger partial charge in [-0.2, -0.15) is 0 Å². The smallest absolute Gasteiger partial charge is 0.266 e. The molecule has 1 amide bonds. The van der Waals surface area contributed by atoms with E-state index in [-0.39, 0.29) is 29.4 Å². The summed E-state index contributed by atoms with van der Waals surface area (Å²) in [5, 5.41) is 0. The number of carbonyl (C=O) groups is 1. The fraction of sp³-hybridized carbons (Fsp3) is 0.182. The molecule has 0 saturated carbocycles. The van der Waals surface area contributed by atoms with Crippen LogP contribution in [0.2, 0.25) is 0 Å². The van der Waals surface area contributed by atoms with Gasteiger partial charge in [0.05, 0.1) is 17.8 Å². The highest BCUT2D eigenvalue weighted by Gasteiger charge is 2.25. The number of benzene rings is 2. The molecule has 3 aromatic rings. The Labute approximate surface area is 186 Å². The summed E-state index contributed by atoms with van der Waals surface area (Å²) in [6.07, 6.45) is 4.48. The Hall–Kier alpha value is -3.79. The van der Waals surface area contributed by atoms with Crippen molar-refractivity contribution in [2.24, 2.45) is 4.99 Å². The second kappa shape index (κ2) is 9.15. The van der Waals surface area contributed by atoms with Crippen LogP contribution in [0.5, 0.6) is 5.75 Å². The number of sulfonamides is 1. The Morgan fingerprint density at radius 1 is 1.06 bits per heavy atom. The van der Waals surface area contributed by atoms with Crippen molar-refractivity contribution in [1.29, 1.82) is 0 Å². The molecule has 2 heterocycles. The van der Waals surface area contributed by atoms with Crippen LogP contribution in [0, 0.1) is 0 Å². The highest BCUT2D eigenvalue weighted by molar-refractivity contribution is 7.92. The Bertz CT molecular complexity index is 1200. The van der Waals surface area contributed by atoms with Crippen LogP contribution in [0.1, 0.15) is 10.4 Å². The standard InChI is InChI=1S/C22H21N5O4S/c1-26(22-23-12-5-13-24-22)32(29,30)20-10-8-19(9-11-20)31-15-18-14-27(16-25-18)21(28)17-6-3-2-4-7-17/h2-13,16,18H,14-15H2,1H3. The number of aromatic nitrogens is 2. The van der Waals surface area contributed by atoms with E-state index in [1.54, 1.807) is 35.2 Å². The van der Waals surface area contributed by atoms with Crippen LogP contribution in [0.4, 0.5) is 5.95 Å².